The van der Waals surface area contributed by atoms with Gasteiger partial charge in [0.05, 0.1) is 19.4 Å². The average Bonchev–Trinajstić information content (AvgIpc) is 2.62. The normalized spacial score (nSPS) is 11.0. The van der Waals surface area contributed by atoms with E-state index in [-0.39, 0.29) is 0 Å². The summed E-state index contributed by atoms with van der Waals surface area (Å²) in [6.07, 6.45) is 2.15. The summed E-state index contributed by atoms with van der Waals surface area (Å²) in [5.74, 6) is 1.93. The number of carbonyl (C=O) groups excluding carboxylic acids is 1. The number of aryl methyl sites for hydroxylation is 1. The van der Waals surface area contributed by atoms with Gasteiger partial charge in [-0.25, -0.2) is 10.2 Å². The first-order valence-electron chi connectivity index (χ1n) is 9.11. The van der Waals surface area contributed by atoms with Crippen molar-refractivity contribution in [3.63, 3.8) is 0 Å². The van der Waals surface area contributed by atoms with Gasteiger partial charge in [0.2, 0.25) is 0 Å². The maximum atomic E-state index is 10.7. The molecule has 0 aliphatic rings. The molecule has 0 radical (unpaired) electrons. The predicted molar refractivity (Wildman–Crippen MR) is 113 cm³/mol. The summed E-state index contributed by atoms with van der Waals surface area (Å²) in [7, 11) is 0. The maximum absolute atomic E-state index is 10.7. The highest BCUT2D eigenvalue weighted by atomic mass is 35.5. The Bertz CT molecular complexity index is 838. The molecule has 2 rings (SSSR count). The second-order valence-electron chi connectivity index (χ2n) is 6.66. The number of urea groups is 1. The molecule has 0 saturated heterocycles. The molecular weight excluding hydrogens is 378 g/mol. The molecule has 0 heterocycles. The first-order chi connectivity index (χ1) is 13.4. The minimum Gasteiger partial charge on any atom is -0.493 e. The lowest BCUT2D eigenvalue weighted by molar-refractivity contribution is 0.245. The number of nitrogens with two attached hydrogens (primary N) is 1. The van der Waals surface area contributed by atoms with Crippen molar-refractivity contribution >= 4 is 23.8 Å². The van der Waals surface area contributed by atoms with Gasteiger partial charge in [-0.1, -0.05) is 37.6 Å². The van der Waals surface area contributed by atoms with Gasteiger partial charge in [0.1, 0.15) is 11.5 Å². The Morgan fingerprint density at radius 3 is 2.57 bits per heavy atom. The van der Waals surface area contributed by atoms with Gasteiger partial charge in [-0.3, -0.25) is 0 Å². The number of nitrogens with zero attached hydrogens (tertiary/aromatic N) is 1. The van der Waals surface area contributed by atoms with E-state index in [2.05, 4.69) is 49.5 Å². The largest absolute Gasteiger partial charge is 0.493 e. The van der Waals surface area contributed by atoms with Crippen molar-refractivity contribution in [2.75, 3.05) is 13.2 Å². The number of rotatable bonds is 9. The second kappa shape index (κ2) is 10.6. The van der Waals surface area contributed by atoms with Crippen LogP contribution in [0.4, 0.5) is 4.79 Å². The van der Waals surface area contributed by atoms with Crippen LogP contribution in [0.5, 0.6) is 11.5 Å². The Balaban J connectivity index is 1.90. The minimum absolute atomic E-state index is 0.400. The van der Waals surface area contributed by atoms with Crippen molar-refractivity contribution in [1.82, 2.24) is 5.43 Å². The molecule has 3 N–H and O–H groups in total. The van der Waals surface area contributed by atoms with Gasteiger partial charge < -0.3 is 15.2 Å². The molecule has 0 aliphatic carbocycles. The number of primary amides is 1. The fourth-order valence-electron chi connectivity index (χ4n) is 2.58. The Kier molecular flexibility index (Phi) is 8.14. The van der Waals surface area contributed by atoms with Gasteiger partial charge in [-0.2, -0.15) is 5.10 Å². The van der Waals surface area contributed by atoms with Crippen LogP contribution in [0.1, 0.15) is 42.9 Å². The van der Waals surface area contributed by atoms with Crippen LogP contribution in [-0.4, -0.2) is 25.5 Å². The summed E-state index contributed by atoms with van der Waals surface area (Å²) >= 11 is 6.01. The van der Waals surface area contributed by atoms with Crippen LogP contribution in [0.2, 0.25) is 5.02 Å². The number of carbonyl (C=O) groups is 1. The Morgan fingerprint density at radius 1 is 1.18 bits per heavy atom. The maximum Gasteiger partial charge on any atom is 0.332 e. The molecule has 0 saturated carbocycles. The van der Waals surface area contributed by atoms with E-state index in [1.807, 2.05) is 0 Å². The molecule has 2 aromatic carbocycles. The van der Waals surface area contributed by atoms with Gasteiger partial charge in [0.15, 0.2) is 0 Å². The number of hydrogen-bond donors (Lipinski definition) is 2. The summed E-state index contributed by atoms with van der Waals surface area (Å²) in [6, 6.07) is 10.7. The van der Waals surface area contributed by atoms with E-state index in [1.165, 1.54) is 17.3 Å². The lowest BCUT2D eigenvalue weighted by Crippen LogP contribution is -2.24. The molecule has 150 valence electrons. The number of benzene rings is 2. The van der Waals surface area contributed by atoms with Crippen LogP contribution in [0.3, 0.4) is 0 Å². The third-order valence-corrected chi connectivity index (χ3v) is 4.18. The van der Waals surface area contributed by atoms with Crippen molar-refractivity contribution in [2.24, 2.45) is 10.8 Å². The topological polar surface area (TPSA) is 85.9 Å². The van der Waals surface area contributed by atoms with Crippen LogP contribution in [0.25, 0.3) is 0 Å². The molecule has 0 atom stereocenters. The standard InChI is InChI=1S/C21H26ClN3O3/c1-14(2)18-7-5-15(3)11-20(18)28-10-4-9-27-19-8-6-17(22)12-16(19)13-24-25-21(23)26/h5-8,11-14H,4,9-10H2,1-3H3,(H3,23,25,26)/b24-13+. The van der Waals surface area contributed by atoms with Gasteiger partial charge in [0.25, 0.3) is 0 Å². The Hall–Kier alpha value is -2.73. The average molecular weight is 404 g/mol. The zero-order valence-corrected chi connectivity index (χ0v) is 17.1. The summed E-state index contributed by atoms with van der Waals surface area (Å²) in [6.45, 7) is 7.36. The van der Waals surface area contributed by atoms with Crippen molar-refractivity contribution in [2.45, 2.75) is 33.1 Å². The molecular formula is C21H26ClN3O3. The van der Waals surface area contributed by atoms with E-state index >= 15 is 0 Å². The summed E-state index contributed by atoms with van der Waals surface area (Å²) < 4.78 is 11.8. The Morgan fingerprint density at radius 2 is 1.89 bits per heavy atom. The van der Waals surface area contributed by atoms with Crippen LogP contribution in [0.15, 0.2) is 41.5 Å². The molecule has 0 fully saturated rings. The third kappa shape index (κ3) is 6.78. The van der Waals surface area contributed by atoms with E-state index in [9.17, 15) is 4.79 Å². The van der Waals surface area contributed by atoms with Crippen LogP contribution >= 0.6 is 11.6 Å². The molecule has 0 aromatic heterocycles. The summed E-state index contributed by atoms with van der Waals surface area (Å²) in [5, 5.41) is 4.29. The van der Waals surface area contributed by atoms with E-state index < -0.39 is 6.03 Å². The smallest absolute Gasteiger partial charge is 0.332 e. The number of amides is 2. The highest BCUT2D eigenvalue weighted by Crippen LogP contribution is 2.27. The molecule has 0 spiro atoms. The van der Waals surface area contributed by atoms with Crippen LogP contribution in [0, 0.1) is 6.92 Å². The highest BCUT2D eigenvalue weighted by molar-refractivity contribution is 6.30. The van der Waals surface area contributed by atoms with Gasteiger partial charge in [-0.15, -0.1) is 0 Å². The van der Waals surface area contributed by atoms with Gasteiger partial charge >= 0.3 is 6.03 Å². The van der Waals surface area contributed by atoms with Crippen molar-refractivity contribution in [3.05, 3.63) is 58.1 Å². The Labute approximate surface area is 170 Å². The van der Waals surface area contributed by atoms with Crippen LogP contribution < -0.4 is 20.6 Å². The number of ether oxygens (including phenoxy) is 2. The predicted octanol–water partition coefficient (Wildman–Crippen LogP) is 4.62. The molecule has 6 nitrogen and oxygen atoms in total. The van der Waals surface area contributed by atoms with E-state index in [0.717, 1.165) is 5.75 Å². The number of halogens is 1. The second-order valence-corrected chi connectivity index (χ2v) is 7.10. The quantitative estimate of drug-likeness (QED) is 0.364. The first kappa shape index (κ1) is 21.6. The summed E-state index contributed by atoms with van der Waals surface area (Å²) in [5.41, 5.74) is 10.1. The van der Waals surface area contributed by atoms with E-state index in [1.54, 1.807) is 18.2 Å². The van der Waals surface area contributed by atoms with Crippen molar-refractivity contribution in [1.29, 1.82) is 0 Å². The van der Waals surface area contributed by atoms with Crippen molar-refractivity contribution in [3.8, 4) is 11.5 Å². The zero-order chi connectivity index (χ0) is 20.5. The van der Waals surface area contributed by atoms with Gasteiger partial charge in [0, 0.05) is 17.0 Å². The fraction of sp³-hybridized carbons (Fsp3) is 0.333. The molecule has 0 unspecified atom stereocenters. The fourth-order valence-corrected chi connectivity index (χ4v) is 2.76. The number of nitrogens with one attached hydrogen (secondary N) is 1. The molecule has 28 heavy (non-hydrogen) atoms. The molecule has 0 bridgehead atoms. The van der Waals surface area contributed by atoms with Crippen LogP contribution in [-0.2, 0) is 0 Å². The van der Waals surface area contributed by atoms with E-state index in [4.69, 9.17) is 26.8 Å². The minimum atomic E-state index is -0.741. The molecule has 2 aromatic rings. The third-order valence-electron chi connectivity index (χ3n) is 3.95. The highest BCUT2D eigenvalue weighted by Gasteiger charge is 2.08. The summed E-state index contributed by atoms with van der Waals surface area (Å²) in [4.78, 5) is 10.7. The van der Waals surface area contributed by atoms with Gasteiger partial charge in [-0.05, 0) is 48.2 Å². The molecule has 2 amide bonds. The monoisotopic (exact) mass is 403 g/mol. The van der Waals surface area contributed by atoms with E-state index in [0.29, 0.717) is 41.9 Å². The SMILES string of the molecule is Cc1ccc(C(C)C)c(OCCCOc2ccc(Cl)cc2/C=N/NC(N)=O)c1. The zero-order valence-electron chi connectivity index (χ0n) is 16.4. The molecule has 7 heteroatoms. The number of hydrogen-bond acceptors (Lipinski definition) is 4. The first-order valence-corrected chi connectivity index (χ1v) is 9.49. The molecule has 0 aliphatic heterocycles. The lowest BCUT2D eigenvalue weighted by atomic mass is 10.0. The lowest BCUT2D eigenvalue weighted by Gasteiger charge is -2.15. The number of hydrazone groups is 1. The van der Waals surface area contributed by atoms with Crippen molar-refractivity contribution < 1.29 is 14.3 Å².